The van der Waals surface area contributed by atoms with Crippen molar-refractivity contribution in [3.8, 4) is 0 Å². The Morgan fingerprint density at radius 2 is 1.96 bits per heavy atom. The van der Waals surface area contributed by atoms with Crippen molar-refractivity contribution in [3.63, 3.8) is 0 Å². The number of rotatable bonds is 4. The Morgan fingerprint density at radius 3 is 2.64 bits per heavy atom. The van der Waals surface area contributed by atoms with Crippen LogP contribution in [0.15, 0.2) is 29.3 Å². The lowest BCUT2D eigenvalue weighted by atomic mass is 9.92. The number of amides is 1. The predicted molar refractivity (Wildman–Crippen MR) is 100 cm³/mol. The Hall–Kier alpha value is -2.04. The molecule has 136 valence electrons. The minimum Gasteiger partial charge on any atom is -0.444 e. The van der Waals surface area contributed by atoms with Crippen molar-refractivity contribution in [2.24, 2.45) is 4.99 Å². The summed E-state index contributed by atoms with van der Waals surface area (Å²) in [7, 11) is 0. The Bertz CT molecular complexity index is 631. The van der Waals surface area contributed by atoms with Crippen LogP contribution in [0.1, 0.15) is 57.6 Å². The van der Waals surface area contributed by atoms with E-state index in [1.54, 1.807) is 0 Å². The first-order valence-corrected chi connectivity index (χ1v) is 9.31. The molecule has 1 amide bonds. The van der Waals surface area contributed by atoms with Crippen LogP contribution in [0.5, 0.6) is 0 Å². The maximum absolute atomic E-state index is 11.6. The number of fused-ring (bicyclic) bond motifs is 1. The van der Waals surface area contributed by atoms with Crippen molar-refractivity contribution in [3.05, 3.63) is 35.4 Å². The van der Waals surface area contributed by atoms with Gasteiger partial charge in [0.15, 0.2) is 0 Å². The second kappa shape index (κ2) is 7.46. The molecule has 2 aliphatic rings. The number of nitrogens with one attached hydrogen (secondary N) is 2. The molecule has 1 aromatic rings. The van der Waals surface area contributed by atoms with Crippen molar-refractivity contribution in [2.45, 2.75) is 70.6 Å². The molecule has 1 heterocycles. The molecule has 0 bridgehead atoms. The fraction of sp³-hybridized carbons (Fsp3) is 0.600. The summed E-state index contributed by atoms with van der Waals surface area (Å²) < 4.78 is 5.23. The summed E-state index contributed by atoms with van der Waals surface area (Å²) in [5.41, 5.74) is 1.88. The summed E-state index contributed by atoms with van der Waals surface area (Å²) in [6.07, 6.45) is 5.45. The molecular weight excluding hydrogens is 314 g/mol. The molecule has 0 saturated heterocycles. The van der Waals surface area contributed by atoms with E-state index in [0.717, 1.165) is 17.8 Å². The first-order valence-electron chi connectivity index (χ1n) is 9.31. The van der Waals surface area contributed by atoms with Gasteiger partial charge in [-0.1, -0.05) is 37.1 Å². The number of nitrogens with zero attached hydrogens (tertiary/aromatic N) is 1. The molecule has 1 aliphatic carbocycles. The zero-order valence-electron chi connectivity index (χ0n) is 15.5. The lowest BCUT2D eigenvalue weighted by Crippen LogP contribution is -2.37. The third kappa shape index (κ3) is 4.97. The third-order valence-electron chi connectivity index (χ3n) is 4.66. The van der Waals surface area contributed by atoms with Crippen molar-refractivity contribution in [1.29, 1.82) is 0 Å². The molecule has 5 heteroatoms. The molecule has 2 atom stereocenters. The highest BCUT2D eigenvalue weighted by molar-refractivity contribution is 6.00. The number of ether oxygens (including phenoxy) is 1. The largest absolute Gasteiger partial charge is 0.444 e. The minimum absolute atomic E-state index is 0.365. The smallest absolute Gasteiger partial charge is 0.407 e. The van der Waals surface area contributed by atoms with Crippen LogP contribution in [0, 0.1) is 0 Å². The van der Waals surface area contributed by atoms with Gasteiger partial charge in [0, 0.05) is 18.2 Å². The Morgan fingerprint density at radius 1 is 1.24 bits per heavy atom. The summed E-state index contributed by atoms with van der Waals surface area (Å²) in [6, 6.07) is 9.44. The predicted octanol–water partition coefficient (Wildman–Crippen LogP) is 3.41. The van der Waals surface area contributed by atoms with Gasteiger partial charge < -0.3 is 15.4 Å². The van der Waals surface area contributed by atoms with Gasteiger partial charge in [0.1, 0.15) is 11.4 Å². The molecule has 2 N–H and O–H groups in total. The van der Waals surface area contributed by atoms with E-state index in [1.807, 2.05) is 20.8 Å². The van der Waals surface area contributed by atoms with E-state index in [-0.39, 0.29) is 6.09 Å². The summed E-state index contributed by atoms with van der Waals surface area (Å²) >= 11 is 0. The highest BCUT2D eigenvalue weighted by Gasteiger charge is 2.30. The zero-order valence-corrected chi connectivity index (χ0v) is 15.5. The van der Waals surface area contributed by atoms with Crippen LogP contribution in [0.25, 0.3) is 0 Å². The van der Waals surface area contributed by atoms with Crippen LogP contribution in [0.4, 0.5) is 4.79 Å². The van der Waals surface area contributed by atoms with E-state index >= 15 is 0 Å². The highest BCUT2D eigenvalue weighted by Crippen LogP contribution is 2.26. The maximum Gasteiger partial charge on any atom is 0.407 e. The number of carbonyl (C=O) groups is 1. The molecule has 25 heavy (non-hydrogen) atoms. The van der Waals surface area contributed by atoms with Crippen molar-refractivity contribution in [1.82, 2.24) is 10.6 Å². The van der Waals surface area contributed by atoms with Gasteiger partial charge in [-0.2, -0.15) is 0 Å². The van der Waals surface area contributed by atoms with Crippen molar-refractivity contribution >= 4 is 11.9 Å². The van der Waals surface area contributed by atoms with Crippen molar-refractivity contribution in [2.75, 3.05) is 6.54 Å². The normalized spacial score (nSPS) is 22.6. The van der Waals surface area contributed by atoms with E-state index in [4.69, 9.17) is 9.73 Å². The molecule has 1 aliphatic heterocycles. The monoisotopic (exact) mass is 343 g/mol. The molecular formula is C20H29N3O2. The molecule has 0 unspecified atom stereocenters. The van der Waals surface area contributed by atoms with E-state index in [2.05, 4.69) is 34.9 Å². The van der Waals surface area contributed by atoms with Gasteiger partial charge in [0.25, 0.3) is 0 Å². The molecule has 5 nitrogen and oxygen atoms in total. The molecule has 1 fully saturated rings. The lowest BCUT2D eigenvalue weighted by Gasteiger charge is -2.23. The summed E-state index contributed by atoms with van der Waals surface area (Å²) in [6.45, 7) is 6.15. The first kappa shape index (κ1) is 17.8. The quantitative estimate of drug-likeness (QED) is 0.880. The van der Waals surface area contributed by atoms with Gasteiger partial charge in [-0.05, 0) is 45.6 Å². The Kier molecular flexibility index (Phi) is 5.30. The van der Waals surface area contributed by atoms with Crippen LogP contribution < -0.4 is 10.6 Å². The third-order valence-corrected chi connectivity index (χ3v) is 4.66. The van der Waals surface area contributed by atoms with Gasteiger partial charge in [-0.15, -0.1) is 0 Å². The standard InChI is InChI=1S/C20H29N3O2/c1-20(2,3)25-19(24)21-13-12-14-8-10-15(11-9-14)18-22-16-6-4-5-7-17(16)23-18/h8-11,16-17H,4-7,12-13H2,1-3H3,(H,21,24)(H,22,23)/t16-,17-/m1/s1. The Labute approximate surface area is 150 Å². The fourth-order valence-corrected chi connectivity index (χ4v) is 3.42. The summed E-state index contributed by atoms with van der Waals surface area (Å²) in [4.78, 5) is 16.5. The SMILES string of the molecule is CC(C)(C)OC(=O)NCCc1ccc(C2=N[C@@H]3CCCC[C@H]3N2)cc1. The van der Waals surface area contributed by atoms with Crippen LogP contribution in [0.2, 0.25) is 0 Å². The number of amidine groups is 1. The minimum atomic E-state index is -0.460. The van der Waals surface area contributed by atoms with E-state index in [9.17, 15) is 4.79 Å². The zero-order chi connectivity index (χ0) is 17.9. The number of hydrogen-bond donors (Lipinski definition) is 2. The second-order valence-corrected chi connectivity index (χ2v) is 7.96. The Balaban J connectivity index is 1.49. The molecule has 0 spiro atoms. The van der Waals surface area contributed by atoms with Gasteiger partial charge >= 0.3 is 6.09 Å². The average molecular weight is 343 g/mol. The van der Waals surface area contributed by atoms with E-state index in [0.29, 0.717) is 18.6 Å². The van der Waals surface area contributed by atoms with E-state index in [1.165, 1.54) is 31.2 Å². The number of hydrogen-bond acceptors (Lipinski definition) is 4. The number of aliphatic imine (C=N–C) groups is 1. The van der Waals surface area contributed by atoms with Crippen molar-refractivity contribution < 1.29 is 9.53 Å². The van der Waals surface area contributed by atoms with Gasteiger partial charge in [0.05, 0.1) is 6.04 Å². The summed E-state index contributed by atoms with van der Waals surface area (Å²) in [5, 5.41) is 6.38. The van der Waals surface area contributed by atoms with Crippen LogP contribution in [-0.2, 0) is 11.2 Å². The van der Waals surface area contributed by atoms with Gasteiger partial charge in [0.2, 0.25) is 0 Å². The molecule has 1 aromatic carbocycles. The average Bonchev–Trinajstić information content (AvgIpc) is 2.98. The van der Waals surface area contributed by atoms with Gasteiger partial charge in [-0.3, -0.25) is 4.99 Å². The highest BCUT2D eigenvalue weighted by atomic mass is 16.6. The fourth-order valence-electron chi connectivity index (χ4n) is 3.42. The number of benzene rings is 1. The topological polar surface area (TPSA) is 62.7 Å². The van der Waals surface area contributed by atoms with Crippen LogP contribution in [0.3, 0.4) is 0 Å². The molecule has 1 saturated carbocycles. The molecule has 0 aromatic heterocycles. The van der Waals surface area contributed by atoms with Gasteiger partial charge in [-0.25, -0.2) is 4.79 Å². The maximum atomic E-state index is 11.6. The first-order chi connectivity index (χ1) is 11.9. The summed E-state index contributed by atoms with van der Waals surface area (Å²) in [5.74, 6) is 1.04. The van der Waals surface area contributed by atoms with E-state index < -0.39 is 5.60 Å². The number of alkyl carbamates (subject to hydrolysis) is 1. The second-order valence-electron chi connectivity index (χ2n) is 7.96. The van der Waals surface area contributed by atoms with Crippen LogP contribution >= 0.6 is 0 Å². The lowest BCUT2D eigenvalue weighted by molar-refractivity contribution is 0.0528. The molecule has 3 rings (SSSR count). The molecule has 0 radical (unpaired) electrons. The number of carbonyl (C=O) groups excluding carboxylic acids is 1. The van der Waals surface area contributed by atoms with Crippen LogP contribution in [-0.4, -0.2) is 36.2 Å².